The van der Waals surface area contributed by atoms with Crippen molar-refractivity contribution >= 4 is 44.5 Å². The van der Waals surface area contributed by atoms with E-state index in [0.29, 0.717) is 12.5 Å². The highest BCUT2D eigenvalue weighted by Crippen LogP contribution is 2.38. The van der Waals surface area contributed by atoms with E-state index in [2.05, 4.69) is 155 Å². The van der Waals surface area contributed by atoms with Crippen molar-refractivity contribution in [3.8, 4) is 5.69 Å². The minimum atomic E-state index is 0.411. The van der Waals surface area contributed by atoms with E-state index in [4.69, 9.17) is 5.73 Å². The molecule has 4 aromatic carbocycles. The fourth-order valence-corrected chi connectivity index (χ4v) is 7.68. The maximum atomic E-state index is 5.94. The Hall–Kier alpha value is -4.90. The van der Waals surface area contributed by atoms with E-state index in [-0.39, 0.29) is 0 Å². The molecule has 4 heteroatoms. The molecule has 6 aromatic rings. The van der Waals surface area contributed by atoms with Crippen molar-refractivity contribution in [3.05, 3.63) is 150 Å². The fourth-order valence-electron chi connectivity index (χ4n) is 7.68. The number of likely N-dealkylation sites (N-methyl/N-ethyl adjacent to an activating group) is 1. The molecule has 4 nitrogen and oxygen atoms in total. The lowest BCUT2D eigenvalue weighted by atomic mass is 9.84. The molecule has 0 bridgehead atoms. The predicted molar refractivity (Wildman–Crippen MR) is 200 cm³/mol. The molecule has 47 heavy (non-hydrogen) atoms. The molecule has 0 radical (unpaired) electrons. The van der Waals surface area contributed by atoms with Gasteiger partial charge in [0, 0.05) is 52.7 Å². The molecule has 0 aliphatic heterocycles. The molecule has 2 aliphatic carbocycles. The number of allylic oxidation sites excluding steroid dienone is 5. The van der Waals surface area contributed by atoms with Gasteiger partial charge in [0.1, 0.15) is 0 Å². The lowest BCUT2D eigenvalue weighted by Gasteiger charge is -2.26. The average Bonchev–Trinajstić information content (AvgIpc) is 3.70. The molecule has 0 amide bonds. The van der Waals surface area contributed by atoms with Gasteiger partial charge in [-0.1, -0.05) is 96.6 Å². The van der Waals surface area contributed by atoms with E-state index >= 15 is 0 Å². The smallest absolute Gasteiger partial charge is 0.0635 e. The maximum absolute atomic E-state index is 5.94. The standard InChI is InChI=1S/C43H42N4/c1-45(30-35(12-9-26-44)34-20-19-32-10-5-6-11-33(32)28-34)29-31-17-21-37(22-18-31)47-42-16-8-7-15-38(42)39-23-24-41-40(43(39)47)25-27-46(41)36-13-3-2-4-14-36/h2-3,5-8,10-13,15-25,27,34H,4,9,14,26,28-30,44H2,1H3/b35-12+. The first-order valence-electron chi connectivity index (χ1n) is 17.0. The SMILES string of the molecule is CN(C/C(=C\CCN)C1C=Cc2ccccc2C1)Cc1ccc(-n2c3ccccc3c3ccc4c(ccn4C4=CC=CCC4)c32)cc1. The largest absolute Gasteiger partial charge is 0.330 e. The quantitative estimate of drug-likeness (QED) is 0.165. The summed E-state index contributed by atoms with van der Waals surface area (Å²) in [6.07, 6.45) is 20.1. The van der Waals surface area contributed by atoms with Crippen molar-refractivity contribution in [3.63, 3.8) is 0 Å². The number of fused-ring (bicyclic) bond motifs is 6. The summed E-state index contributed by atoms with van der Waals surface area (Å²) in [5.74, 6) is 0.411. The van der Waals surface area contributed by atoms with Crippen LogP contribution in [0.4, 0.5) is 0 Å². The van der Waals surface area contributed by atoms with Gasteiger partial charge in [-0.15, -0.1) is 0 Å². The number of hydrogen-bond donors (Lipinski definition) is 1. The van der Waals surface area contributed by atoms with Crippen LogP contribution in [-0.4, -0.2) is 34.2 Å². The van der Waals surface area contributed by atoms with Crippen molar-refractivity contribution in [2.75, 3.05) is 20.1 Å². The highest BCUT2D eigenvalue weighted by molar-refractivity contribution is 6.18. The van der Waals surface area contributed by atoms with Crippen LogP contribution in [0.25, 0.3) is 50.2 Å². The van der Waals surface area contributed by atoms with Gasteiger partial charge in [-0.2, -0.15) is 0 Å². The van der Waals surface area contributed by atoms with Crippen molar-refractivity contribution < 1.29 is 0 Å². The van der Waals surface area contributed by atoms with Crippen LogP contribution in [0.3, 0.4) is 0 Å². The van der Waals surface area contributed by atoms with E-state index in [0.717, 1.165) is 38.8 Å². The lowest BCUT2D eigenvalue weighted by Crippen LogP contribution is -2.25. The molecule has 0 spiro atoms. The van der Waals surface area contributed by atoms with Crippen LogP contribution in [0.2, 0.25) is 0 Å². The summed E-state index contributed by atoms with van der Waals surface area (Å²) in [5, 5.41) is 3.87. The molecule has 0 saturated heterocycles. The highest BCUT2D eigenvalue weighted by Gasteiger charge is 2.20. The normalized spacial score (nSPS) is 16.4. The van der Waals surface area contributed by atoms with Gasteiger partial charge in [0.15, 0.2) is 0 Å². The first-order valence-corrected chi connectivity index (χ1v) is 17.0. The minimum Gasteiger partial charge on any atom is -0.330 e. The van der Waals surface area contributed by atoms with Crippen LogP contribution >= 0.6 is 0 Å². The van der Waals surface area contributed by atoms with Crippen molar-refractivity contribution in [2.24, 2.45) is 11.7 Å². The van der Waals surface area contributed by atoms with E-state index in [9.17, 15) is 0 Å². The van der Waals surface area contributed by atoms with Crippen LogP contribution in [0.5, 0.6) is 0 Å². The third-order valence-electron chi connectivity index (χ3n) is 9.96. The molecular weight excluding hydrogens is 573 g/mol. The molecule has 2 N–H and O–H groups in total. The third kappa shape index (κ3) is 5.58. The summed E-state index contributed by atoms with van der Waals surface area (Å²) in [6, 6.07) is 33.7. The minimum absolute atomic E-state index is 0.411. The maximum Gasteiger partial charge on any atom is 0.0635 e. The lowest BCUT2D eigenvalue weighted by molar-refractivity contribution is 0.345. The topological polar surface area (TPSA) is 39.1 Å². The Morgan fingerprint density at radius 3 is 2.60 bits per heavy atom. The van der Waals surface area contributed by atoms with Crippen molar-refractivity contribution in [1.29, 1.82) is 0 Å². The molecule has 8 rings (SSSR count). The second-order valence-electron chi connectivity index (χ2n) is 13.1. The second kappa shape index (κ2) is 12.7. The van der Waals surface area contributed by atoms with Gasteiger partial charge in [-0.05, 0) is 92.4 Å². The number of nitrogens with two attached hydrogens (primary N) is 1. The summed E-state index contributed by atoms with van der Waals surface area (Å²) in [4.78, 5) is 2.44. The zero-order chi connectivity index (χ0) is 31.7. The van der Waals surface area contributed by atoms with Gasteiger partial charge >= 0.3 is 0 Å². The van der Waals surface area contributed by atoms with E-state index < -0.39 is 0 Å². The second-order valence-corrected chi connectivity index (χ2v) is 13.1. The van der Waals surface area contributed by atoms with Crippen LogP contribution in [-0.2, 0) is 13.0 Å². The number of benzene rings is 4. The molecule has 1 atom stereocenters. The summed E-state index contributed by atoms with van der Waals surface area (Å²) < 4.78 is 4.83. The molecule has 2 heterocycles. The monoisotopic (exact) mass is 614 g/mol. The molecule has 2 aromatic heterocycles. The summed E-state index contributed by atoms with van der Waals surface area (Å²) in [5.41, 5.74) is 17.8. The fraction of sp³-hybridized carbons (Fsp3) is 0.209. The zero-order valence-corrected chi connectivity index (χ0v) is 27.1. The Balaban J connectivity index is 1.09. The van der Waals surface area contributed by atoms with Crippen LogP contribution in [0, 0.1) is 5.92 Å². The Kier molecular flexibility index (Phi) is 7.98. The first-order chi connectivity index (χ1) is 23.2. The molecule has 1 unspecified atom stereocenters. The summed E-state index contributed by atoms with van der Waals surface area (Å²) in [7, 11) is 2.23. The van der Waals surface area contributed by atoms with E-state index in [1.807, 2.05) is 0 Å². The van der Waals surface area contributed by atoms with E-state index in [1.54, 1.807) is 0 Å². The Morgan fingerprint density at radius 2 is 1.74 bits per heavy atom. The molecular formula is C43H42N4. The van der Waals surface area contributed by atoms with Crippen molar-refractivity contribution in [1.82, 2.24) is 14.0 Å². The molecule has 0 saturated carbocycles. The van der Waals surface area contributed by atoms with Gasteiger partial charge in [0.2, 0.25) is 0 Å². The Labute approximate surface area is 277 Å². The number of rotatable bonds is 9. The zero-order valence-electron chi connectivity index (χ0n) is 27.1. The summed E-state index contributed by atoms with van der Waals surface area (Å²) >= 11 is 0. The van der Waals surface area contributed by atoms with Crippen molar-refractivity contribution in [2.45, 2.75) is 32.2 Å². The predicted octanol–water partition coefficient (Wildman–Crippen LogP) is 9.52. The molecule has 0 fully saturated rings. The number of hydrogen-bond acceptors (Lipinski definition) is 2. The number of aromatic nitrogens is 2. The van der Waals surface area contributed by atoms with Gasteiger partial charge in [0.25, 0.3) is 0 Å². The van der Waals surface area contributed by atoms with Gasteiger partial charge in [-0.3, -0.25) is 4.90 Å². The first kappa shape index (κ1) is 29.5. The van der Waals surface area contributed by atoms with Gasteiger partial charge in [0.05, 0.1) is 16.6 Å². The van der Waals surface area contributed by atoms with Gasteiger partial charge < -0.3 is 14.9 Å². The Morgan fingerprint density at radius 1 is 0.894 bits per heavy atom. The molecule has 2 aliphatic rings. The Bertz CT molecular complexity index is 2200. The number of nitrogens with zero attached hydrogens (tertiary/aromatic N) is 3. The molecule has 234 valence electrons. The van der Waals surface area contributed by atoms with Crippen LogP contribution in [0.1, 0.15) is 36.0 Å². The summed E-state index contributed by atoms with van der Waals surface area (Å²) in [6.45, 7) is 2.49. The van der Waals surface area contributed by atoms with Gasteiger partial charge in [-0.25, -0.2) is 0 Å². The van der Waals surface area contributed by atoms with Crippen LogP contribution in [0.15, 0.2) is 133 Å². The third-order valence-corrected chi connectivity index (χ3v) is 9.96. The highest BCUT2D eigenvalue weighted by atomic mass is 15.1. The average molecular weight is 615 g/mol. The van der Waals surface area contributed by atoms with E-state index in [1.165, 1.54) is 66.4 Å². The number of para-hydroxylation sites is 1. The van der Waals surface area contributed by atoms with Crippen LogP contribution < -0.4 is 5.73 Å².